The zero-order valence-corrected chi connectivity index (χ0v) is 9.27. The first-order valence-electron chi connectivity index (χ1n) is 2.59. The van der Waals surface area contributed by atoms with Crippen LogP contribution in [0.4, 0.5) is 0 Å². The van der Waals surface area contributed by atoms with Gasteiger partial charge in [-0.15, -0.1) is 24.0 Å². The summed E-state index contributed by atoms with van der Waals surface area (Å²) in [5, 5.41) is 0.601. The molecule has 0 saturated carbocycles. The second-order valence-electron chi connectivity index (χ2n) is 1.72. The molecule has 0 unspecified atom stereocenters. The van der Waals surface area contributed by atoms with Crippen LogP contribution < -0.4 is 0 Å². The Hall–Kier alpha value is 0.500. The molecule has 1 heterocycles. The Balaban J connectivity index is 0.000001000. The van der Waals surface area contributed by atoms with Gasteiger partial charge in [0.25, 0.3) is 0 Å². The lowest BCUT2D eigenvalue weighted by molar-refractivity contribution is 1.24. The number of halogens is 4. The van der Waals surface area contributed by atoms with Crippen LogP contribution >= 0.6 is 51.5 Å². The summed E-state index contributed by atoms with van der Waals surface area (Å²) in [6, 6.07) is 0. The molecule has 1 rings (SSSR count). The lowest BCUT2D eigenvalue weighted by Crippen LogP contribution is -1.83. The van der Waals surface area contributed by atoms with Gasteiger partial charge in [0.15, 0.2) is 0 Å². The highest BCUT2D eigenvalue weighted by Crippen LogP contribution is 2.24. The van der Waals surface area contributed by atoms with E-state index in [1.54, 1.807) is 12.4 Å². The molecule has 0 fully saturated rings. The average molecular weight is 277 g/mol. The molecular formula is C6H5BrCl3N. The Labute approximate surface area is 89.6 Å². The lowest BCUT2D eigenvalue weighted by Gasteiger charge is -1.99. The highest BCUT2D eigenvalue weighted by molar-refractivity contribution is 9.10. The Morgan fingerprint density at radius 2 is 2.09 bits per heavy atom. The van der Waals surface area contributed by atoms with Crippen LogP contribution in [0.3, 0.4) is 0 Å². The minimum absolute atomic E-state index is 0. The molecule has 0 aromatic carbocycles. The number of nitrogens with zero attached hydrogens (tertiary/aromatic N) is 1. The molecule has 5 heteroatoms. The number of alkyl halides is 1. The van der Waals surface area contributed by atoms with E-state index in [9.17, 15) is 0 Å². The first-order valence-corrected chi connectivity index (χ1v) is 4.30. The molecule has 0 bridgehead atoms. The van der Waals surface area contributed by atoms with Crippen molar-refractivity contribution >= 4 is 51.5 Å². The van der Waals surface area contributed by atoms with E-state index in [-0.39, 0.29) is 12.4 Å². The van der Waals surface area contributed by atoms with E-state index in [2.05, 4.69) is 20.9 Å². The van der Waals surface area contributed by atoms with Crippen LogP contribution in [0.1, 0.15) is 5.56 Å². The highest BCUT2D eigenvalue weighted by Gasteiger charge is 2.02. The SMILES string of the molecule is Cl.ClCc1c(Cl)cncc1Br. The van der Waals surface area contributed by atoms with Gasteiger partial charge >= 0.3 is 0 Å². The summed E-state index contributed by atoms with van der Waals surface area (Å²) in [4.78, 5) is 3.85. The van der Waals surface area contributed by atoms with E-state index in [0.29, 0.717) is 10.9 Å². The highest BCUT2D eigenvalue weighted by atomic mass is 79.9. The third kappa shape index (κ3) is 2.79. The van der Waals surface area contributed by atoms with E-state index in [1.807, 2.05) is 0 Å². The van der Waals surface area contributed by atoms with Gasteiger partial charge in [-0.2, -0.15) is 0 Å². The van der Waals surface area contributed by atoms with Gasteiger partial charge in [-0.25, -0.2) is 0 Å². The van der Waals surface area contributed by atoms with E-state index in [4.69, 9.17) is 23.2 Å². The maximum atomic E-state index is 5.75. The lowest BCUT2D eigenvalue weighted by atomic mass is 10.3. The molecule has 0 aliphatic rings. The first kappa shape index (κ1) is 11.5. The number of aromatic nitrogens is 1. The Kier molecular flexibility index (Phi) is 5.44. The van der Waals surface area contributed by atoms with E-state index >= 15 is 0 Å². The van der Waals surface area contributed by atoms with Gasteiger partial charge in [0.05, 0.1) is 10.9 Å². The molecule has 0 aliphatic carbocycles. The van der Waals surface area contributed by atoms with Gasteiger partial charge in [0.2, 0.25) is 0 Å². The molecule has 11 heavy (non-hydrogen) atoms. The van der Waals surface area contributed by atoms with Crippen molar-refractivity contribution in [2.24, 2.45) is 0 Å². The summed E-state index contributed by atoms with van der Waals surface area (Å²) in [5.41, 5.74) is 0.887. The first-order chi connectivity index (χ1) is 4.75. The Morgan fingerprint density at radius 1 is 1.45 bits per heavy atom. The standard InChI is InChI=1S/C6H4BrCl2N.ClH/c7-5-2-10-3-6(9)4(5)1-8;/h2-3H,1H2;1H. The molecule has 0 radical (unpaired) electrons. The molecular weight excluding hydrogens is 272 g/mol. The number of pyridine rings is 1. The van der Waals surface area contributed by atoms with Crippen molar-refractivity contribution in [3.05, 3.63) is 27.5 Å². The van der Waals surface area contributed by atoms with Gasteiger partial charge in [-0.05, 0) is 15.9 Å². The molecule has 1 aromatic rings. The summed E-state index contributed by atoms with van der Waals surface area (Å²) >= 11 is 14.6. The molecule has 0 atom stereocenters. The van der Waals surface area contributed by atoms with Crippen molar-refractivity contribution < 1.29 is 0 Å². The maximum absolute atomic E-state index is 5.75. The zero-order chi connectivity index (χ0) is 7.56. The van der Waals surface area contributed by atoms with Crippen LogP contribution in [-0.2, 0) is 5.88 Å². The molecule has 0 N–H and O–H groups in total. The summed E-state index contributed by atoms with van der Waals surface area (Å²) in [5.74, 6) is 0.405. The minimum Gasteiger partial charge on any atom is -0.262 e. The van der Waals surface area contributed by atoms with Crippen LogP contribution in [0, 0.1) is 0 Å². The summed E-state index contributed by atoms with van der Waals surface area (Å²) in [7, 11) is 0. The van der Waals surface area contributed by atoms with Gasteiger partial charge in [0.1, 0.15) is 0 Å². The van der Waals surface area contributed by atoms with Crippen LogP contribution in [0.5, 0.6) is 0 Å². The van der Waals surface area contributed by atoms with Gasteiger partial charge in [0, 0.05) is 22.4 Å². The molecule has 1 nitrogen and oxygen atoms in total. The fourth-order valence-corrected chi connectivity index (χ4v) is 1.89. The van der Waals surface area contributed by atoms with Crippen molar-refractivity contribution in [1.82, 2.24) is 4.98 Å². The van der Waals surface area contributed by atoms with Gasteiger partial charge < -0.3 is 0 Å². The maximum Gasteiger partial charge on any atom is 0.0644 e. The third-order valence-corrected chi connectivity index (χ3v) is 2.36. The number of rotatable bonds is 1. The molecule has 62 valence electrons. The fraction of sp³-hybridized carbons (Fsp3) is 0.167. The molecule has 0 aliphatic heterocycles. The van der Waals surface area contributed by atoms with E-state index < -0.39 is 0 Å². The number of hydrogen-bond acceptors (Lipinski definition) is 1. The average Bonchev–Trinajstić information content (AvgIpc) is 1.88. The van der Waals surface area contributed by atoms with Crippen molar-refractivity contribution in [3.8, 4) is 0 Å². The van der Waals surface area contributed by atoms with Crippen LogP contribution in [-0.4, -0.2) is 4.98 Å². The van der Waals surface area contributed by atoms with Crippen LogP contribution in [0.2, 0.25) is 5.02 Å². The minimum atomic E-state index is 0. The van der Waals surface area contributed by atoms with Crippen LogP contribution in [0.25, 0.3) is 0 Å². The molecule has 0 amide bonds. The van der Waals surface area contributed by atoms with Gasteiger partial charge in [-0.1, -0.05) is 11.6 Å². The normalized spacial score (nSPS) is 9.00. The smallest absolute Gasteiger partial charge is 0.0644 e. The molecule has 1 aromatic heterocycles. The summed E-state index contributed by atoms with van der Waals surface area (Å²) in [6.45, 7) is 0. The topological polar surface area (TPSA) is 12.9 Å². The molecule has 0 saturated heterocycles. The number of hydrogen-bond donors (Lipinski definition) is 0. The van der Waals surface area contributed by atoms with E-state index in [0.717, 1.165) is 10.0 Å². The zero-order valence-electron chi connectivity index (χ0n) is 5.35. The quantitative estimate of drug-likeness (QED) is 0.714. The molecule has 0 spiro atoms. The Bertz CT molecular complexity index is 221. The second-order valence-corrected chi connectivity index (χ2v) is 3.24. The second kappa shape index (κ2) is 5.20. The van der Waals surface area contributed by atoms with Gasteiger partial charge in [-0.3, -0.25) is 4.98 Å². The monoisotopic (exact) mass is 275 g/mol. The van der Waals surface area contributed by atoms with Crippen molar-refractivity contribution in [2.75, 3.05) is 0 Å². The third-order valence-electron chi connectivity index (χ3n) is 1.09. The Morgan fingerprint density at radius 3 is 2.45 bits per heavy atom. The largest absolute Gasteiger partial charge is 0.262 e. The fourth-order valence-electron chi connectivity index (χ4n) is 0.566. The predicted octanol–water partition coefficient (Wildman–Crippen LogP) is 3.66. The predicted molar refractivity (Wildman–Crippen MR) is 53.8 cm³/mol. The summed E-state index contributed by atoms with van der Waals surface area (Å²) in [6.07, 6.45) is 3.24. The van der Waals surface area contributed by atoms with Crippen molar-refractivity contribution in [2.45, 2.75) is 5.88 Å². The summed E-state index contributed by atoms with van der Waals surface area (Å²) < 4.78 is 0.856. The van der Waals surface area contributed by atoms with Crippen molar-refractivity contribution in [1.29, 1.82) is 0 Å². The van der Waals surface area contributed by atoms with Crippen LogP contribution in [0.15, 0.2) is 16.9 Å². The van der Waals surface area contributed by atoms with Crippen molar-refractivity contribution in [3.63, 3.8) is 0 Å². The van der Waals surface area contributed by atoms with E-state index in [1.165, 1.54) is 0 Å².